The number of fused-ring (bicyclic) bond motifs is 1. The molecule has 7 nitrogen and oxygen atoms in total. The average molecular weight is 248 g/mol. The van der Waals surface area contributed by atoms with Crippen LogP contribution in [0.5, 0.6) is 0 Å². The molecule has 1 aliphatic carbocycles. The van der Waals surface area contributed by atoms with Crippen LogP contribution in [-0.4, -0.2) is 36.7 Å². The first-order valence-electron chi connectivity index (χ1n) is 6.20. The van der Waals surface area contributed by atoms with E-state index in [0.29, 0.717) is 28.8 Å². The predicted molar refractivity (Wildman–Crippen MR) is 65.4 cm³/mol. The molecule has 96 valence electrons. The predicted octanol–water partition coefficient (Wildman–Crippen LogP) is 0.212. The summed E-state index contributed by atoms with van der Waals surface area (Å²) in [7, 11) is 0. The summed E-state index contributed by atoms with van der Waals surface area (Å²) in [5.41, 5.74) is 6.95. The highest BCUT2D eigenvalue weighted by Gasteiger charge is 2.27. The van der Waals surface area contributed by atoms with Crippen LogP contribution in [0.1, 0.15) is 19.3 Å². The third-order valence-corrected chi connectivity index (χ3v) is 3.79. The van der Waals surface area contributed by atoms with Crippen molar-refractivity contribution in [2.45, 2.75) is 25.8 Å². The van der Waals surface area contributed by atoms with E-state index in [1.165, 1.54) is 12.7 Å². The summed E-state index contributed by atoms with van der Waals surface area (Å²) < 4.78 is 1.77. The normalized spacial score (nSPS) is 23.8. The Hall–Kier alpha value is -1.76. The van der Waals surface area contributed by atoms with Gasteiger partial charge in [-0.15, -0.1) is 5.10 Å². The minimum absolute atomic E-state index is 0.244. The number of rotatable bonds is 3. The van der Waals surface area contributed by atoms with E-state index >= 15 is 0 Å². The first-order valence-corrected chi connectivity index (χ1v) is 6.20. The lowest BCUT2D eigenvalue weighted by Gasteiger charge is -2.16. The molecule has 1 aliphatic rings. The van der Waals surface area contributed by atoms with Crippen LogP contribution in [0.15, 0.2) is 6.33 Å². The Bertz CT molecular complexity index is 553. The molecule has 0 unspecified atom stereocenters. The standard InChI is InChI=1S/C11H16N6O/c12-10-9-11(14-6-13-10)17(16-15-9)4-7-2-1-3-8(7)5-18/h6-8,18H,1-5H2,(H2,12,13,14)/t7-,8+/m0/s1. The molecular weight excluding hydrogens is 232 g/mol. The second-order valence-electron chi connectivity index (χ2n) is 4.84. The van der Waals surface area contributed by atoms with Crippen molar-refractivity contribution in [2.24, 2.45) is 11.8 Å². The van der Waals surface area contributed by atoms with Crippen LogP contribution in [0, 0.1) is 11.8 Å². The van der Waals surface area contributed by atoms with E-state index in [-0.39, 0.29) is 6.61 Å². The van der Waals surface area contributed by atoms with Crippen molar-refractivity contribution in [1.29, 1.82) is 0 Å². The summed E-state index contributed by atoms with van der Waals surface area (Å²) in [6, 6.07) is 0. The number of nitrogens with two attached hydrogens (primary N) is 1. The molecule has 2 atom stereocenters. The number of anilines is 1. The lowest BCUT2D eigenvalue weighted by Crippen LogP contribution is -2.19. The quantitative estimate of drug-likeness (QED) is 0.805. The molecule has 1 saturated carbocycles. The minimum Gasteiger partial charge on any atom is -0.396 e. The van der Waals surface area contributed by atoms with E-state index in [2.05, 4.69) is 20.3 Å². The van der Waals surface area contributed by atoms with Gasteiger partial charge < -0.3 is 10.8 Å². The van der Waals surface area contributed by atoms with Gasteiger partial charge in [0.1, 0.15) is 6.33 Å². The lowest BCUT2D eigenvalue weighted by atomic mass is 9.97. The number of hydrogen-bond donors (Lipinski definition) is 2. The van der Waals surface area contributed by atoms with Gasteiger partial charge >= 0.3 is 0 Å². The summed E-state index contributed by atoms with van der Waals surface area (Å²) in [5, 5.41) is 17.4. The topological polar surface area (TPSA) is 103 Å². The molecule has 2 heterocycles. The highest BCUT2D eigenvalue weighted by molar-refractivity contribution is 5.80. The number of nitrogen functional groups attached to an aromatic ring is 1. The number of hydrogen-bond acceptors (Lipinski definition) is 6. The Morgan fingerprint density at radius 1 is 1.33 bits per heavy atom. The second kappa shape index (κ2) is 4.49. The summed E-state index contributed by atoms with van der Waals surface area (Å²) in [4.78, 5) is 8.07. The molecule has 2 aromatic rings. The zero-order valence-corrected chi connectivity index (χ0v) is 10.0. The Labute approximate surface area is 104 Å². The smallest absolute Gasteiger partial charge is 0.183 e. The first-order chi connectivity index (χ1) is 8.79. The fraction of sp³-hybridized carbons (Fsp3) is 0.636. The highest BCUT2D eigenvalue weighted by atomic mass is 16.3. The molecule has 1 fully saturated rings. The maximum absolute atomic E-state index is 9.33. The molecule has 7 heteroatoms. The van der Waals surface area contributed by atoms with E-state index in [0.717, 1.165) is 19.4 Å². The maximum atomic E-state index is 9.33. The van der Waals surface area contributed by atoms with Gasteiger partial charge in [0.15, 0.2) is 17.0 Å². The minimum atomic E-state index is 0.244. The molecule has 0 radical (unpaired) electrons. The first kappa shape index (κ1) is 11.3. The van der Waals surface area contributed by atoms with Crippen molar-refractivity contribution in [2.75, 3.05) is 12.3 Å². The van der Waals surface area contributed by atoms with Gasteiger partial charge in [0, 0.05) is 13.2 Å². The van der Waals surface area contributed by atoms with Gasteiger partial charge in [0.25, 0.3) is 0 Å². The zero-order valence-electron chi connectivity index (χ0n) is 10.0. The Balaban J connectivity index is 1.89. The van der Waals surface area contributed by atoms with Crippen molar-refractivity contribution < 1.29 is 5.11 Å². The van der Waals surface area contributed by atoms with Gasteiger partial charge in [0.2, 0.25) is 0 Å². The van der Waals surface area contributed by atoms with Crippen molar-refractivity contribution in [3.05, 3.63) is 6.33 Å². The third kappa shape index (κ3) is 1.80. The van der Waals surface area contributed by atoms with Crippen LogP contribution in [0.4, 0.5) is 5.82 Å². The van der Waals surface area contributed by atoms with E-state index in [4.69, 9.17) is 5.73 Å². The molecule has 18 heavy (non-hydrogen) atoms. The van der Waals surface area contributed by atoms with E-state index < -0.39 is 0 Å². The molecule has 3 rings (SSSR count). The molecule has 0 bridgehead atoms. The number of aromatic nitrogens is 5. The summed E-state index contributed by atoms with van der Waals surface area (Å²) in [6.45, 7) is 0.979. The Morgan fingerprint density at radius 2 is 2.17 bits per heavy atom. The molecule has 0 saturated heterocycles. The van der Waals surface area contributed by atoms with Gasteiger partial charge in [-0.3, -0.25) is 0 Å². The van der Waals surface area contributed by atoms with Gasteiger partial charge in [-0.2, -0.15) is 0 Å². The van der Waals surface area contributed by atoms with Crippen LogP contribution in [-0.2, 0) is 6.54 Å². The Morgan fingerprint density at radius 3 is 3.00 bits per heavy atom. The van der Waals surface area contributed by atoms with Gasteiger partial charge in [-0.05, 0) is 24.7 Å². The van der Waals surface area contributed by atoms with E-state index in [9.17, 15) is 5.11 Å². The fourth-order valence-corrected chi connectivity index (χ4v) is 2.75. The van der Waals surface area contributed by atoms with Crippen molar-refractivity contribution in [1.82, 2.24) is 25.0 Å². The molecule has 0 aliphatic heterocycles. The number of aliphatic hydroxyl groups excluding tert-OH is 1. The van der Waals surface area contributed by atoms with E-state index in [1.54, 1.807) is 4.68 Å². The fourth-order valence-electron chi connectivity index (χ4n) is 2.75. The Kier molecular flexibility index (Phi) is 2.83. The maximum Gasteiger partial charge on any atom is 0.183 e. The van der Waals surface area contributed by atoms with Crippen LogP contribution < -0.4 is 5.73 Å². The highest BCUT2D eigenvalue weighted by Crippen LogP contribution is 2.32. The molecule has 2 aromatic heterocycles. The molecule has 0 spiro atoms. The van der Waals surface area contributed by atoms with Gasteiger partial charge in [-0.1, -0.05) is 11.6 Å². The molecule has 0 amide bonds. The van der Waals surface area contributed by atoms with Crippen molar-refractivity contribution in [3.8, 4) is 0 Å². The largest absolute Gasteiger partial charge is 0.396 e. The number of aliphatic hydroxyl groups is 1. The summed E-state index contributed by atoms with van der Waals surface area (Å²) in [5.74, 6) is 1.16. The lowest BCUT2D eigenvalue weighted by molar-refractivity contribution is 0.182. The van der Waals surface area contributed by atoms with Crippen molar-refractivity contribution >= 4 is 17.0 Å². The molecular formula is C11H16N6O. The number of nitrogens with zero attached hydrogens (tertiary/aromatic N) is 5. The van der Waals surface area contributed by atoms with Crippen LogP contribution in [0.2, 0.25) is 0 Å². The van der Waals surface area contributed by atoms with Crippen LogP contribution in [0.25, 0.3) is 11.2 Å². The third-order valence-electron chi connectivity index (χ3n) is 3.79. The SMILES string of the molecule is Nc1ncnc2c1nnn2C[C@@H]1CCC[C@@H]1CO. The van der Waals surface area contributed by atoms with Crippen LogP contribution in [0.3, 0.4) is 0 Å². The zero-order chi connectivity index (χ0) is 12.5. The monoisotopic (exact) mass is 248 g/mol. The van der Waals surface area contributed by atoms with Gasteiger partial charge in [-0.25, -0.2) is 14.6 Å². The van der Waals surface area contributed by atoms with Gasteiger partial charge in [0.05, 0.1) is 0 Å². The second-order valence-corrected chi connectivity index (χ2v) is 4.84. The summed E-state index contributed by atoms with van der Waals surface area (Å²) in [6.07, 6.45) is 4.80. The molecule has 3 N–H and O–H groups in total. The van der Waals surface area contributed by atoms with Crippen molar-refractivity contribution in [3.63, 3.8) is 0 Å². The molecule has 0 aromatic carbocycles. The van der Waals surface area contributed by atoms with E-state index in [1.807, 2.05) is 0 Å². The summed E-state index contributed by atoms with van der Waals surface area (Å²) >= 11 is 0. The average Bonchev–Trinajstić information content (AvgIpc) is 2.98. The van der Waals surface area contributed by atoms with Crippen LogP contribution >= 0.6 is 0 Å².